The van der Waals surface area contributed by atoms with Crippen LogP contribution in [0, 0.1) is 35.0 Å². The first-order valence-electron chi connectivity index (χ1n) is 20.8. The molecule has 1 aliphatic heterocycles. The monoisotopic (exact) mass is 838 g/mol. The predicted molar refractivity (Wildman–Crippen MR) is 236 cm³/mol. The zero-order chi connectivity index (χ0) is 44.6. The molecule has 0 saturated carbocycles. The van der Waals surface area contributed by atoms with Gasteiger partial charge in [-0.05, 0) is 79.0 Å². The zero-order valence-electron chi connectivity index (χ0n) is 35.2. The highest BCUT2D eigenvalue weighted by molar-refractivity contribution is 6.00. The second-order valence-corrected chi connectivity index (χ2v) is 15.3. The van der Waals surface area contributed by atoms with E-state index in [0.717, 1.165) is 11.1 Å². The molecule has 0 aliphatic carbocycles. The third-order valence-corrected chi connectivity index (χ3v) is 10.7. The minimum Gasteiger partial charge on any atom is -0.492 e. The first-order valence-corrected chi connectivity index (χ1v) is 20.8. The van der Waals surface area contributed by atoms with Crippen molar-refractivity contribution in [3.05, 3.63) is 119 Å². The van der Waals surface area contributed by atoms with Crippen LogP contribution >= 0.6 is 0 Å². The van der Waals surface area contributed by atoms with E-state index in [9.17, 15) is 29.2 Å². The number of nitriles is 1. The molecule has 4 aromatic carbocycles. The average molecular weight is 839 g/mol. The summed E-state index contributed by atoms with van der Waals surface area (Å²) in [5.41, 5.74) is 21.9. The van der Waals surface area contributed by atoms with Gasteiger partial charge in [-0.2, -0.15) is 5.26 Å². The van der Waals surface area contributed by atoms with E-state index >= 15 is 0 Å². The number of nitrogens with one attached hydrogen (secondary N) is 1. The largest absolute Gasteiger partial charge is 0.492 e. The molecule has 7 N–H and O–H groups in total. The lowest BCUT2D eigenvalue weighted by atomic mass is 9.88. The van der Waals surface area contributed by atoms with Gasteiger partial charge in [0.1, 0.15) is 30.8 Å². The van der Waals surface area contributed by atoms with Gasteiger partial charge in [-0.1, -0.05) is 61.2 Å². The third kappa shape index (κ3) is 12.2. The molecule has 322 valence electrons. The number of nitrogens with two attached hydrogens (primary N) is 3. The number of rotatable bonds is 16. The van der Waals surface area contributed by atoms with E-state index in [1.807, 2.05) is 42.5 Å². The third-order valence-electron chi connectivity index (χ3n) is 10.7. The van der Waals surface area contributed by atoms with Crippen molar-refractivity contribution in [3.8, 4) is 40.5 Å². The second kappa shape index (κ2) is 22.8. The van der Waals surface area contributed by atoms with Gasteiger partial charge in [-0.3, -0.25) is 24.0 Å². The first-order chi connectivity index (χ1) is 30.0. The molecule has 62 heavy (non-hydrogen) atoms. The summed E-state index contributed by atoms with van der Waals surface area (Å²) in [5, 5.41) is 12.0. The summed E-state index contributed by atoms with van der Waals surface area (Å²) >= 11 is 0. The summed E-state index contributed by atoms with van der Waals surface area (Å²) < 4.78 is 12.2. The predicted octanol–water partition coefficient (Wildman–Crippen LogP) is 4.67. The lowest BCUT2D eigenvalue weighted by Gasteiger charge is -2.32. The van der Waals surface area contributed by atoms with Crippen molar-refractivity contribution >= 4 is 29.2 Å². The van der Waals surface area contributed by atoms with Crippen LogP contribution in [0.15, 0.2) is 91.0 Å². The fourth-order valence-electron chi connectivity index (χ4n) is 7.39. The van der Waals surface area contributed by atoms with E-state index in [2.05, 4.69) is 17.2 Å². The van der Waals surface area contributed by atoms with E-state index in [1.54, 1.807) is 61.5 Å². The second-order valence-electron chi connectivity index (χ2n) is 15.3. The number of ether oxygens (including phenoxy) is 2. The molecule has 4 aromatic rings. The van der Waals surface area contributed by atoms with Crippen LogP contribution in [0.1, 0.15) is 77.7 Å². The number of hydrogen-bond donors (Lipinski definition) is 4. The van der Waals surface area contributed by atoms with Gasteiger partial charge in [-0.25, -0.2) is 0 Å². The van der Waals surface area contributed by atoms with Gasteiger partial charge in [0, 0.05) is 85.5 Å². The number of amides is 2. The fraction of sp³-hybridized carbons (Fsp3) is 0.347. The van der Waals surface area contributed by atoms with Crippen molar-refractivity contribution in [1.82, 2.24) is 10.2 Å². The molecule has 1 aliphatic rings. The molecule has 13 heteroatoms. The van der Waals surface area contributed by atoms with Crippen LogP contribution in [-0.2, 0) is 25.6 Å². The molecule has 1 heterocycles. The Hall–Kier alpha value is -6.64. The highest BCUT2D eigenvalue weighted by Gasteiger charge is 2.36. The number of benzene rings is 4. The van der Waals surface area contributed by atoms with E-state index in [4.69, 9.17) is 26.7 Å². The number of nitrogens with zero attached hydrogens (tertiary/aromatic N) is 2. The average Bonchev–Trinajstić information content (AvgIpc) is 3.28. The number of carbonyl (C=O) groups is 5. The molecule has 4 atom stereocenters. The van der Waals surface area contributed by atoms with E-state index < -0.39 is 41.5 Å². The summed E-state index contributed by atoms with van der Waals surface area (Å²) in [5.74, 6) is 3.21. The number of Topliss-reactive ketones (excluding diaryl/α,β-unsaturated/α-hetero) is 3. The lowest BCUT2D eigenvalue weighted by Crippen LogP contribution is -2.46. The lowest BCUT2D eigenvalue weighted by molar-refractivity contribution is -0.142. The normalized spacial score (nSPS) is 16.6. The summed E-state index contributed by atoms with van der Waals surface area (Å²) in [6.07, 6.45) is -0.281. The van der Waals surface area contributed by atoms with Crippen molar-refractivity contribution in [2.45, 2.75) is 57.5 Å². The topological polar surface area (TPSA) is 221 Å². The van der Waals surface area contributed by atoms with Crippen molar-refractivity contribution in [3.63, 3.8) is 0 Å². The number of carbonyl (C=O) groups excluding carboxylic acids is 5. The molecule has 0 spiro atoms. The summed E-state index contributed by atoms with van der Waals surface area (Å²) in [6, 6.07) is 26.7. The van der Waals surface area contributed by atoms with Crippen molar-refractivity contribution in [2.75, 3.05) is 39.9 Å². The molecule has 0 saturated heterocycles. The molecule has 2 amide bonds. The van der Waals surface area contributed by atoms with Gasteiger partial charge in [0.15, 0.2) is 17.3 Å². The molecule has 0 fully saturated rings. The Morgan fingerprint density at radius 3 is 2.08 bits per heavy atom. The summed E-state index contributed by atoms with van der Waals surface area (Å²) in [6.45, 7) is 2.48. The van der Waals surface area contributed by atoms with Crippen molar-refractivity contribution < 1.29 is 33.4 Å². The SMILES string of the molecule is C[C@@H]1CC(=O)[C@@H](N(C)C(=O)[C@H](CCN)CC(=O)c2ccc(C#Cc3ccccc3)cc2)c2ccc(OCCN)c(c2)-c2cc(ccc2OCCN)C[C@@H](C(=O)CCC#N)NC1=O. The van der Waals surface area contributed by atoms with Crippen LogP contribution in [0.25, 0.3) is 11.1 Å². The van der Waals surface area contributed by atoms with Crippen LogP contribution in [0.5, 0.6) is 11.5 Å². The maximum Gasteiger partial charge on any atom is 0.226 e. The van der Waals surface area contributed by atoms with Crippen LogP contribution in [0.4, 0.5) is 0 Å². The van der Waals surface area contributed by atoms with Crippen LogP contribution in [0.3, 0.4) is 0 Å². The van der Waals surface area contributed by atoms with E-state index in [0.29, 0.717) is 39.3 Å². The van der Waals surface area contributed by atoms with Gasteiger partial charge in [-0.15, -0.1) is 0 Å². The smallest absolute Gasteiger partial charge is 0.226 e. The molecule has 0 radical (unpaired) electrons. The molecular formula is C49H54N6O7. The Labute approximate surface area is 362 Å². The minimum absolute atomic E-state index is 0.0273. The molecular weight excluding hydrogens is 785 g/mol. The Morgan fingerprint density at radius 2 is 1.45 bits per heavy atom. The van der Waals surface area contributed by atoms with Gasteiger partial charge in [0.25, 0.3) is 0 Å². The molecule has 4 bridgehead atoms. The molecule has 5 rings (SSSR count). The van der Waals surface area contributed by atoms with Crippen LogP contribution < -0.4 is 32.0 Å². The van der Waals surface area contributed by atoms with Crippen LogP contribution in [-0.4, -0.2) is 80.0 Å². The quantitative estimate of drug-likeness (QED) is 0.0897. The highest BCUT2D eigenvalue weighted by Crippen LogP contribution is 2.41. The van der Waals surface area contributed by atoms with Crippen molar-refractivity contribution in [2.24, 2.45) is 29.0 Å². The Bertz CT molecular complexity index is 2330. The molecule has 0 unspecified atom stereocenters. The molecule has 0 aromatic heterocycles. The maximum absolute atomic E-state index is 14.6. The number of fused-ring (bicyclic) bond motifs is 5. The number of likely N-dealkylation sites (N-methyl/N-ethyl adjacent to an activating group) is 1. The number of hydrogen-bond acceptors (Lipinski definition) is 11. The molecule has 13 nitrogen and oxygen atoms in total. The van der Waals surface area contributed by atoms with Crippen LogP contribution in [0.2, 0.25) is 0 Å². The van der Waals surface area contributed by atoms with E-state index in [1.165, 1.54) is 11.9 Å². The van der Waals surface area contributed by atoms with Gasteiger partial charge >= 0.3 is 0 Å². The summed E-state index contributed by atoms with van der Waals surface area (Å²) in [7, 11) is 1.51. The van der Waals surface area contributed by atoms with Gasteiger partial charge < -0.3 is 36.9 Å². The van der Waals surface area contributed by atoms with Gasteiger partial charge in [0.05, 0.1) is 12.1 Å². The Balaban J connectivity index is 1.55. The summed E-state index contributed by atoms with van der Waals surface area (Å²) in [4.78, 5) is 71.5. The minimum atomic E-state index is -1.22. The highest BCUT2D eigenvalue weighted by atomic mass is 16.5. The van der Waals surface area contributed by atoms with Gasteiger partial charge in [0.2, 0.25) is 11.8 Å². The first kappa shape index (κ1) is 46.4. The van der Waals surface area contributed by atoms with Crippen molar-refractivity contribution in [1.29, 1.82) is 5.26 Å². The zero-order valence-corrected chi connectivity index (χ0v) is 35.2. The van der Waals surface area contributed by atoms with E-state index in [-0.39, 0.29) is 82.9 Å². The number of ketones is 3. The fourth-order valence-corrected chi connectivity index (χ4v) is 7.39. The Kier molecular flexibility index (Phi) is 17.1. The maximum atomic E-state index is 14.6. The standard InChI is InChI=1S/C49H54N6O7/c1-32-27-44(58)47(55(2)49(60)38(20-22-51)31-43(57)36-15-12-34(13-16-36)11-10-33-7-4-3-5-8-33)37-17-19-46(62-26-24-53)40(30-37)39-28-35(14-18-45(39)61-25-23-52)29-41(54-48(32)59)42(56)9-6-21-50/h3-5,7-8,12-19,28,30,32,38,41,47H,6,9,20,22-27,29,31,51-53H2,1-2H3,(H,54,59)/t32-,38-,41+,47+/m1/s1. The Morgan fingerprint density at radius 1 is 0.823 bits per heavy atom.